The Balaban J connectivity index is 0.00000112. The molecular weight excluding hydrogens is 214 g/mol. The Hall–Kier alpha value is -1.26. The zero-order valence-corrected chi connectivity index (χ0v) is 9.24. The van der Waals surface area contributed by atoms with Gasteiger partial charge in [-0.1, -0.05) is 18.2 Å². The highest BCUT2D eigenvalue weighted by Crippen LogP contribution is 2.14. The van der Waals surface area contributed by atoms with Gasteiger partial charge >= 0.3 is 0 Å². The van der Waals surface area contributed by atoms with E-state index in [-0.39, 0.29) is 18.6 Å². The predicted molar refractivity (Wildman–Crippen MR) is 62.9 cm³/mol. The van der Waals surface area contributed by atoms with Gasteiger partial charge in [-0.2, -0.15) is 0 Å². The fourth-order valence-electron chi connectivity index (χ4n) is 1.45. The number of hydrogen-bond donors (Lipinski definition) is 2. The normalized spacial score (nSPS) is 18.8. The second-order valence-electron chi connectivity index (χ2n) is 3.27. The zero-order valence-electron chi connectivity index (χ0n) is 8.42. The van der Waals surface area contributed by atoms with Gasteiger partial charge in [-0.3, -0.25) is 10.2 Å². The largest absolute Gasteiger partial charge is 0.351 e. The Kier molecular flexibility index (Phi) is 3.94. The van der Waals surface area contributed by atoms with E-state index in [4.69, 9.17) is 0 Å². The molecule has 0 spiro atoms. The summed E-state index contributed by atoms with van der Waals surface area (Å²) in [6, 6.07) is 9.41. The highest BCUT2D eigenvalue weighted by molar-refractivity contribution is 5.85. The first kappa shape index (κ1) is 11.8. The molecule has 2 N–H and O–H groups in total. The fourth-order valence-corrected chi connectivity index (χ4v) is 1.45. The minimum Gasteiger partial charge on any atom is -0.351 e. The second-order valence-corrected chi connectivity index (χ2v) is 3.27. The number of amidine groups is 1. The third kappa shape index (κ3) is 2.61. The van der Waals surface area contributed by atoms with Crippen molar-refractivity contribution in [1.29, 1.82) is 0 Å². The lowest BCUT2D eigenvalue weighted by molar-refractivity contribution is 0.215. The van der Waals surface area contributed by atoms with Gasteiger partial charge in [0, 0.05) is 0 Å². The van der Waals surface area contributed by atoms with Crippen molar-refractivity contribution in [3.8, 4) is 0 Å². The van der Waals surface area contributed by atoms with Gasteiger partial charge in [0.05, 0.1) is 18.1 Å². The van der Waals surface area contributed by atoms with Crippen LogP contribution in [0.25, 0.3) is 0 Å². The number of halogens is 1. The maximum Gasteiger partial charge on any atom is 0.145 e. The molecule has 0 saturated heterocycles. The number of benzene rings is 1. The average Bonchev–Trinajstić information content (AvgIpc) is 2.65. The highest BCUT2D eigenvalue weighted by Gasteiger charge is 2.20. The molecule has 0 aliphatic carbocycles. The molecule has 0 bridgehead atoms. The van der Waals surface area contributed by atoms with E-state index < -0.39 is 0 Å². The molecular formula is C10H14ClN3O. The molecule has 0 aromatic heterocycles. The van der Waals surface area contributed by atoms with Gasteiger partial charge in [0.25, 0.3) is 0 Å². The minimum absolute atomic E-state index is 0. The average molecular weight is 228 g/mol. The Morgan fingerprint density at radius 1 is 1.40 bits per heavy atom. The van der Waals surface area contributed by atoms with E-state index in [1.807, 2.05) is 37.3 Å². The van der Waals surface area contributed by atoms with Gasteiger partial charge in [-0.05, 0) is 19.1 Å². The zero-order chi connectivity index (χ0) is 9.97. The molecule has 2 rings (SSSR count). The summed E-state index contributed by atoms with van der Waals surface area (Å²) in [4.78, 5) is 4.17. The summed E-state index contributed by atoms with van der Waals surface area (Å²) in [6.45, 7) is 2.47. The van der Waals surface area contributed by atoms with Crippen molar-refractivity contribution in [3.63, 3.8) is 0 Å². The number of hydroxylamine groups is 1. The van der Waals surface area contributed by atoms with E-state index in [1.54, 1.807) is 0 Å². The van der Waals surface area contributed by atoms with Crippen molar-refractivity contribution in [1.82, 2.24) is 5.32 Å². The van der Waals surface area contributed by atoms with Gasteiger partial charge in [-0.25, -0.2) is 5.06 Å². The molecule has 15 heavy (non-hydrogen) atoms. The molecule has 1 atom stereocenters. The molecule has 1 aromatic carbocycles. The minimum atomic E-state index is -0.141. The molecule has 82 valence electrons. The first-order chi connectivity index (χ1) is 6.77. The van der Waals surface area contributed by atoms with Crippen molar-refractivity contribution < 1.29 is 5.21 Å². The van der Waals surface area contributed by atoms with Gasteiger partial charge < -0.3 is 5.32 Å². The molecule has 1 aliphatic heterocycles. The maximum atomic E-state index is 9.84. The first-order valence-electron chi connectivity index (χ1n) is 4.58. The van der Waals surface area contributed by atoms with Crippen LogP contribution in [0, 0.1) is 0 Å². The van der Waals surface area contributed by atoms with Crippen LogP contribution in [0.2, 0.25) is 0 Å². The third-order valence-corrected chi connectivity index (χ3v) is 2.19. The van der Waals surface area contributed by atoms with Crippen LogP contribution >= 0.6 is 12.4 Å². The number of aliphatic imine (C=N–C) groups is 1. The molecule has 0 fully saturated rings. The van der Waals surface area contributed by atoms with Gasteiger partial charge in [-0.15, -0.1) is 12.4 Å². The topological polar surface area (TPSA) is 47.9 Å². The molecule has 1 heterocycles. The molecule has 0 saturated carbocycles. The van der Waals surface area contributed by atoms with Gasteiger partial charge in [0.2, 0.25) is 0 Å². The summed E-state index contributed by atoms with van der Waals surface area (Å²) in [6.07, 6.45) is -0.141. The Bertz CT molecular complexity index is 342. The molecule has 1 unspecified atom stereocenters. The first-order valence-corrected chi connectivity index (χ1v) is 4.58. The number of nitrogens with zero attached hydrogens (tertiary/aromatic N) is 2. The summed E-state index contributed by atoms with van der Waals surface area (Å²) >= 11 is 0. The van der Waals surface area contributed by atoms with Crippen molar-refractivity contribution in [3.05, 3.63) is 30.3 Å². The molecule has 0 amide bonds. The lowest BCUT2D eigenvalue weighted by Crippen LogP contribution is -2.43. The van der Waals surface area contributed by atoms with Crippen LogP contribution in [0.4, 0.5) is 5.69 Å². The summed E-state index contributed by atoms with van der Waals surface area (Å²) in [5.41, 5.74) is 0.773. The third-order valence-electron chi connectivity index (χ3n) is 2.19. The van der Waals surface area contributed by atoms with Crippen LogP contribution < -0.4 is 10.4 Å². The molecule has 1 aromatic rings. The molecule has 4 nitrogen and oxygen atoms in total. The summed E-state index contributed by atoms with van der Waals surface area (Å²) in [5, 5.41) is 14.1. The smallest absolute Gasteiger partial charge is 0.145 e. The van der Waals surface area contributed by atoms with Crippen LogP contribution in [-0.2, 0) is 0 Å². The lowest BCUT2D eigenvalue weighted by atomic mass is 10.3. The fraction of sp³-hybridized carbons (Fsp3) is 0.300. The molecule has 1 aliphatic rings. The highest BCUT2D eigenvalue weighted by atomic mass is 35.5. The number of nitrogens with one attached hydrogen (secondary N) is 1. The Labute approximate surface area is 95.0 Å². The Morgan fingerprint density at radius 3 is 2.60 bits per heavy atom. The second kappa shape index (κ2) is 5.00. The van der Waals surface area contributed by atoms with Crippen LogP contribution in [0.15, 0.2) is 35.3 Å². The van der Waals surface area contributed by atoms with Gasteiger partial charge in [0.1, 0.15) is 6.17 Å². The van der Waals surface area contributed by atoms with E-state index in [0.717, 1.165) is 11.5 Å². The SMILES string of the molecule is CC1=NCC(N(O)c2ccccc2)N1.Cl. The number of rotatable bonds is 2. The van der Waals surface area contributed by atoms with Crippen molar-refractivity contribution >= 4 is 23.9 Å². The summed E-state index contributed by atoms with van der Waals surface area (Å²) in [7, 11) is 0. The predicted octanol–water partition coefficient (Wildman–Crippen LogP) is 1.65. The van der Waals surface area contributed by atoms with Crippen LogP contribution in [-0.4, -0.2) is 23.8 Å². The summed E-state index contributed by atoms with van der Waals surface area (Å²) < 4.78 is 0. The van der Waals surface area contributed by atoms with Crippen molar-refractivity contribution in [2.24, 2.45) is 4.99 Å². The lowest BCUT2D eigenvalue weighted by Gasteiger charge is -2.23. The van der Waals surface area contributed by atoms with E-state index >= 15 is 0 Å². The maximum absolute atomic E-state index is 9.84. The van der Waals surface area contributed by atoms with E-state index in [9.17, 15) is 5.21 Å². The number of hydrogen-bond acceptors (Lipinski definition) is 4. The number of anilines is 1. The number of para-hydroxylation sites is 1. The van der Waals surface area contributed by atoms with Crippen LogP contribution in [0.5, 0.6) is 0 Å². The Morgan fingerprint density at radius 2 is 2.07 bits per heavy atom. The van der Waals surface area contributed by atoms with Crippen molar-refractivity contribution in [2.45, 2.75) is 13.1 Å². The summed E-state index contributed by atoms with van der Waals surface area (Å²) in [5.74, 6) is 0.866. The quantitative estimate of drug-likeness (QED) is 0.756. The molecule has 5 heteroatoms. The monoisotopic (exact) mass is 227 g/mol. The molecule has 0 radical (unpaired) electrons. The van der Waals surface area contributed by atoms with E-state index in [2.05, 4.69) is 10.3 Å². The van der Waals surface area contributed by atoms with Crippen LogP contribution in [0.1, 0.15) is 6.92 Å². The van der Waals surface area contributed by atoms with E-state index in [1.165, 1.54) is 5.06 Å². The standard InChI is InChI=1S/C10H13N3O.ClH/c1-8-11-7-10(12-8)13(14)9-5-3-2-4-6-9;/h2-6,10,14H,7H2,1H3,(H,11,12);1H. The van der Waals surface area contributed by atoms with Gasteiger partial charge in [0.15, 0.2) is 0 Å². The van der Waals surface area contributed by atoms with Crippen LogP contribution in [0.3, 0.4) is 0 Å². The van der Waals surface area contributed by atoms with Crippen molar-refractivity contribution in [2.75, 3.05) is 11.6 Å². The van der Waals surface area contributed by atoms with E-state index in [0.29, 0.717) is 6.54 Å².